The molecule has 0 saturated carbocycles. The van der Waals surface area contributed by atoms with E-state index in [1.165, 1.54) is 4.70 Å². The van der Waals surface area contributed by atoms with Crippen molar-refractivity contribution in [2.45, 2.75) is 6.92 Å². The molecule has 0 aliphatic heterocycles. The summed E-state index contributed by atoms with van der Waals surface area (Å²) in [6.07, 6.45) is 0. The summed E-state index contributed by atoms with van der Waals surface area (Å²) in [5, 5.41) is 6.06. The topological polar surface area (TPSA) is 55.1 Å². The van der Waals surface area contributed by atoms with Crippen LogP contribution in [0.4, 0.5) is 11.4 Å². The summed E-state index contributed by atoms with van der Waals surface area (Å²) in [4.78, 5) is 12.3. The number of hydrogen-bond donors (Lipinski definition) is 2. The van der Waals surface area contributed by atoms with Gasteiger partial charge in [-0.15, -0.1) is 11.3 Å². The van der Waals surface area contributed by atoms with Gasteiger partial charge in [-0.25, -0.2) is 0 Å². The molecule has 0 fully saturated rings. The average Bonchev–Trinajstić information content (AvgIpc) is 2.89. The number of anilines is 2. The van der Waals surface area contributed by atoms with Gasteiger partial charge in [-0.05, 0) is 54.1 Å². The molecule has 0 radical (unpaired) electrons. The zero-order valence-electron chi connectivity index (χ0n) is 11.0. The molecule has 100 valence electrons. The number of nitrogen functional groups attached to an aromatic ring is 1. The van der Waals surface area contributed by atoms with Crippen LogP contribution in [0.5, 0.6) is 0 Å². The smallest absolute Gasteiger partial charge is 0.257 e. The van der Waals surface area contributed by atoms with Crippen LogP contribution in [0.2, 0.25) is 0 Å². The maximum Gasteiger partial charge on any atom is 0.257 e. The number of nitrogens with one attached hydrogen (secondary N) is 1. The Balaban J connectivity index is 1.89. The SMILES string of the molecule is Cc1ccc(N)c(C(=O)Nc2ccc3sccc3c2)c1. The Morgan fingerprint density at radius 2 is 2.00 bits per heavy atom. The fourth-order valence-corrected chi connectivity index (χ4v) is 2.88. The van der Waals surface area contributed by atoms with Gasteiger partial charge in [0.15, 0.2) is 0 Å². The quantitative estimate of drug-likeness (QED) is 0.697. The van der Waals surface area contributed by atoms with Gasteiger partial charge in [0.05, 0.1) is 5.56 Å². The Morgan fingerprint density at radius 1 is 1.15 bits per heavy atom. The number of aryl methyl sites for hydroxylation is 1. The minimum Gasteiger partial charge on any atom is -0.398 e. The third kappa shape index (κ3) is 2.38. The summed E-state index contributed by atoms with van der Waals surface area (Å²) in [5.41, 5.74) is 8.65. The molecule has 3 N–H and O–H groups in total. The minimum atomic E-state index is -0.180. The van der Waals surface area contributed by atoms with Crippen molar-refractivity contribution in [3.8, 4) is 0 Å². The lowest BCUT2D eigenvalue weighted by molar-refractivity contribution is 0.102. The van der Waals surface area contributed by atoms with Crippen molar-refractivity contribution >= 4 is 38.7 Å². The lowest BCUT2D eigenvalue weighted by Crippen LogP contribution is -2.14. The maximum atomic E-state index is 12.3. The lowest BCUT2D eigenvalue weighted by atomic mass is 10.1. The number of carbonyl (C=O) groups excluding carboxylic acids is 1. The van der Waals surface area contributed by atoms with E-state index < -0.39 is 0 Å². The Morgan fingerprint density at radius 3 is 2.85 bits per heavy atom. The van der Waals surface area contributed by atoms with Gasteiger partial charge in [-0.1, -0.05) is 11.6 Å². The molecule has 1 heterocycles. The number of rotatable bonds is 2. The van der Waals surface area contributed by atoms with Gasteiger partial charge in [0.2, 0.25) is 0 Å². The Bertz CT molecular complexity index is 792. The molecule has 20 heavy (non-hydrogen) atoms. The van der Waals surface area contributed by atoms with Gasteiger partial charge < -0.3 is 11.1 Å². The predicted molar refractivity (Wildman–Crippen MR) is 85.4 cm³/mol. The molecule has 3 aromatic rings. The fourth-order valence-electron chi connectivity index (χ4n) is 2.11. The van der Waals surface area contributed by atoms with Gasteiger partial charge in [-0.3, -0.25) is 4.79 Å². The first kappa shape index (κ1) is 12.7. The van der Waals surface area contributed by atoms with E-state index in [-0.39, 0.29) is 5.91 Å². The lowest BCUT2D eigenvalue weighted by Gasteiger charge is -2.08. The molecule has 0 aliphatic carbocycles. The monoisotopic (exact) mass is 282 g/mol. The highest BCUT2D eigenvalue weighted by molar-refractivity contribution is 7.17. The number of hydrogen-bond acceptors (Lipinski definition) is 3. The number of thiophene rings is 1. The van der Waals surface area contributed by atoms with Crippen LogP contribution in [0, 0.1) is 6.92 Å². The summed E-state index contributed by atoms with van der Waals surface area (Å²) >= 11 is 1.68. The van der Waals surface area contributed by atoms with Crippen molar-refractivity contribution in [2.75, 3.05) is 11.1 Å². The standard InChI is InChI=1S/C16H14N2OS/c1-10-2-4-14(17)13(8-10)16(19)18-12-3-5-15-11(9-12)6-7-20-15/h2-9H,17H2,1H3,(H,18,19). The highest BCUT2D eigenvalue weighted by Crippen LogP contribution is 2.24. The first-order valence-corrected chi connectivity index (χ1v) is 7.16. The van der Waals surface area contributed by atoms with Crippen molar-refractivity contribution in [1.29, 1.82) is 0 Å². The zero-order chi connectivity index (χ0) is 14.1. The third-order valence-corrected chi connectivity index (χ3v) is 4.06. The van der Waals surface area contributed by atoms with E-state index in [1.807, 2.05) is 42.6 Å². The molecule has 0 saturated heterocycles. The van der Waals surface area contributed by atoms with Crippen LogP contribution in [0.3, 0.4) is 0 Å². The molecule has 2 aromatic carbocycles. The van der Waals surface area contributed by atoms with Crippen LogP contribution in [-0.4, -0.2) is 5.91 Å². The number of fused-ring (bicyclic) bond motifs is 1. The molecule has 0 unspecified atom stereocenters. The largest absolute Gasteiger partial charge is 0.398 e. The minimum absolute atomic E-state index is 0.180. The molecule has 3 rings (SSSR count). The molecular formula is C16H14N2OS. The summed E-state index contributed by atoms with van der Waals surface area (Å²) in [5.74, 6) is -0.180. The van der Waals surface area contributed by atoms with E-state index in [2.05, 4.69) is 5.32 Å². The van der Waals surface area contributed by atoms with Gasteiger partial charge >= 0.3 is 0 Å². The summed E-state index contributed by atoms with van der Waals surface area (Å²) in [6.45, 7) is 1.94. The van der Waals surface area contributed by atoms with E-state index >= 15 is 0 Å². The van der Waals surface area contributed by atoms with Gasteiger partial charge in [0.25, 0.3) is 5.91 Å². The second kappa shape index (κ2) is 4.98. The van der Waals surface area contributed by atoms with Crippen LogP contribution in [-0.2, 0) is 0 Å². The normalized spacial score (nSPS) is 10.7. The van der Waals surface area contributed by atoms with Crippen molar-refractivity contribution in [3.63, 3.8) is 0 Å². The van der Waals surface area contributed by atoms with Gasteiger partial charge in [-0.2, -0.15) is 0 Å². The molecule has 0 bridgehead atoms. The molecule has 0 aliphatic rings. The van der Waals surface area contributed by atoms with Crippen LogP contribution >= 0.6 is 11.3 Å². The van der Waals surface area contributed by atoms with E-state index in [4.69, 9.17) is 5.73 Å². The highest BCUT2D eigenvalue weighted by Gasteiger charge is 2.10. The maximum absolute atomic E-state index is 12.3. The molecule has 1 amide bonds. The van der Waals surface area contributed by atoms with E-state index in [0.717, 1.165) is 16.6 Å². The van der Waals surface area contributed by atoms with E-state index in [1.54, 1.807) is 23.5 Å². The Hall–Kier alpha value is -2.33. The number of carbonyl (C=O) groups is 1. The number of amides is 1. The Kier molecular flexibility index (Phi) is 3.16. The van der Waals surface area contributed by atoms with Gasteiger partial charge in [0.1, 0.15) is 0 Å². The Labute approximate surface area is 121 Å². The van der Waals surface area contributed by atoms with Crippen molar-refractivity contribution in [2.24, 2.45) is 0 Å². The van der Waals surface area contributed by atoms with Crippen LogP contribution in [0.25, 0.3) is 10.1 Å². The van der Waals surface area contributed by atoms with Crippen LogP contribution in [0.15, 0.2) is 47.8 Å². The molecule has 3 nitrogen and oxygen atoms in total. The fraction of sp³-hybridized carbons (Fsp3) is 0.0625. The van der Waals surface area contributed by atoms with E-state index in [0.29, 0.717) is 11.3 Å². The molecular weight excluding hydrogens is 268 g/mol. The predicted octanol–water partition coefficient (Wildman–Crippen LogP) is 4.04. The number of nitrogens with two attached hydrogens (primary N) is 1. The van der Waals surface area contributed by atoms with E-state index in [9.17, 15) is 4.79 Å². The summed E-state index contributed by atoms with van der Waals surface area (Å²) in [7, 11) is 0. The van der Waals surface area contributed by atoms with Crippen LogP contribution < -0.4 is 11.1 Å². The zero-order valence-corrected chi connectivity index (χ0v) is 11.8. The van der Waals surface area contributed by atoms with Crippen molar-refractivity contribution in [1.82, 2.24) is 0 Å². The molecule has 0 atom stereocenters. The summed E-state index contributed by atoms with van der Waals surface area (Å²) < 4.78 is 1.21. The molecule has 0 spiro atoms. The first-order chi connectivity index (χ1) is 9.63. The molecule has 4 heteroatoms. The van der Waals surface area contributed by atoms with Crippen LogP contribution in [0.1, 0.15) is 15.9 Å². The second-order valence-corrected chi connectivity index (χ2v) is 5.67. The first-order valence-electron chi connectivity index (χ1n) is 6.28. The van der Waals surface area contributed by atoms with Crippen molar-refractivity contribution < 1.29 is 4.79 Å². The average molecular weight is 282 g/mol. The molecule has 1 aromatic heterocycles. The number of benzene rings is 2. The second-order valence-electron chi connectivity index (χ2n) is 4.72. The highest BCUT2D eigenvalue weighted by atomic mass is 32.1. The van der Waals surface area contributed by atoms with Gasteiger partial charge in [0, 0.05) is 16.1 Å². The summed E-state index contributed by atoms with van der Waals surface area (Å²) in [6, 6.07) is 13.4. The van der Waals surface area contributed by atoms with Crippen molar-refractivity contribution in [3.05, 3.63) is 59.0 Å². The third-order valence-electron chi connectivity index (χ3n) is 3.16.